The molecule has 2 atom stereocenters. The molecule has 110 valence electrons. The van der Waals surface area contributed by atoms with Gasteiger partial charge in [-0.15, -0.1) is 0 Å². The monoisotopic (exact) mass is 278 g/mol. The first-order valence-electron chi connectivity index (χ1n) is 7.32. The summed E-state index contributed by atoms with van der Waals surface area (Å²) in [6.07, 6.45) is 2.91. The summed E-state index contributed by atoms with van der Waals surface area (Å²) in [5.41, 5.74) is 0.961. The largest absolute Gasteiger partial charge is 1.00 e. The average molecular weight is 278 g/mol. The fourth-order valence-electron chi connectivity index (χ4n) is 2.75. The van der Waals surface area contributed by atoms with Crippen molar-refractivity contribution in [2.75, 3.05) is 0 Å². The van der Waals surface area contributed by atoms with Gasteiger partial charge in [0.25, 0.3) is 0 Å². The van der Waals surface area contributed by atoms with Crippen LogP contribution >= 0.6 is 0 Å². The predicted octanol–water partition coefficient (Wildman–Crippen LogP) is 1.57. The molecule has 19 heavy (non-hydrogen) atoms. The van der Waals surface area contributed by atoms with Gasteiger partial charge < -0.3 is 5.22 Å². The molecule has 0 fully saturated rings. The van der Waals surface area contributed by atoms with E-state index >= 15 is 0 Å². The van der Waals surface area contributed by atoms with Crippen LogP contribution in [0.2, 0.25) is 0 Å². The topological polar surface area (TPSA) is 9.23 Å². The summed E-state index contributed by atoms with van der Waals surface area (Å²) in [6, 6.07) is 0. The average Bonchev–Trinajstić information content (AvgIpc) is 2.05. The molecule has 1 nitrogen and oxygen atoms in total. The van der Waals surface area contributed by atoms with Gasteiger partial charge in [0, 0.05) is 6.10 Å². The van der Waals surface area contributed by atoms with E-state index in [9.17, 15) is 0 Å². The van der Waals surface area contributed by atoms with Gasteiger partial charge in [-0.3, -0.25) is 0 Å². The van der Waals surface area contributed by atoms with E-state index in [2.05, 4.69) is 62.3 Å². The second kappa shape index (κ2) is 7.92. The first kappa shape index (κ1) is 22.4. The minimum Gasteiger partial charge on any atom is -1.00 e. The van der Waals surface area contributed by atoms with Crippen molar-refractivity contribution in [3.63, 3.8) is 0 Å². The van der Waals surface area contributed by atoms with Gasteiger partial charge in [-0.2, -0.15) is 0 Å². The van der Waals surface area contributed by atoms with E-state index in [1.54, 1.807) is 0 Å². The van der Waals surface area contributed by atoms with Crippen LogP contribution in [0.25, 0.3) is 0 Å². The van der Waals surface area contributed by atoms with E-state index < -0.39 is 0 Å². The van der Waals surface area contributed by atoms with E-state index in [1.807, 2.05) is 0 Å². The molecule has 0 rings (SSSR count). The Morgan fingerprint density at radius 2 is 1.32 bits per heavy atom. The number of hydrogen-bond donors (Lipinski definition) is 0. The maximum absolute atomic E-state index is 6.01. The van der Waals surface area contributed by atoms with Crippen LogP contribution in [-0.2, 0) is 3.79 Å². The van der Waals surface area contributed by atoms with E-state index in [4.69, 9.17) is 3.79 Å². The Labute approximate surface area is 144 Å². The van der Waals surface area contributed by atoms with Crippen molar-refractivity contribution < 1.29 is 24.1 Å². The summed E-state index contributed by atoms with van der Waals surface area (Å²) in [4.78, 5) is 0. The van der Waals surface area contributed by atoms with Crippen molar-refractivity contribution in [2.24, 2.45) is 22.2 Å². The predicted molar refractivity (Wildman–Crippen MR) is 85.6 cm³/mol. The third kappa shape index (κ3) is 8.86. The summed E-state index contributed by atoms with van der Waals surface area (Å²) in [5.74, 6) is 0.634. The molecule has 0 aromatic rings. The molecule has 0 N–H and O–H groups in total. The van der Waals surface area contributed by atoms with Crippen LogP contribution in [0.4, 0.5) is 0 Å². The van der Waals surface area contributed by atoms with Gasteiger partial charge in [0.2, 0.25) is 0 Å². The molecule has 0 saturated carbocycles. The van der Waals surface area contributed by atoms with Crippen molar-refractivity contribution in [3.05, 3.63) is 0 Å². The molecule has 0 aromatic carbocycles. The standard InChI is InChI=1S/C16H33O.Al.Li.3H/c1-14(2,3)11-10-12(15(4,5)6)13(17)16(7,8)9;;;;;/h12-13H,10-11H2,1-9H3;;;;;/q-1;2*+1;;;-1. The molecule has 0 aromatic heterocycles. The molecule has 0 aliphatic heterocycles. The maximum Gasteiger partial charge on any atom is 1.00 e. The normalized spacial score (nSPS) is 16.7. The second-order valence-corrected chi connectivity index (χ2v) is 9.57. The third-order valence-corrected chi connectivity index (χ3v) is 4.30. The van der Waals surface area contributed by atoms with Crippen LogP contribution in [0.15, 0.2) is 0 Å². The van der Waals surface area contributed by atoms with Crippen LogP contribution in [0.5, 0.6) is 0 Å². The van der Waals surface area contributed by atoms with Gasteiger partial charge in [0.15, 0.2) is 0 Å². The van der Waals surface area contributed by atoms with Crippen LogP contribution < -0.4 is 18.9 Å². The Morgan fingerprint density at radius 3 is 1.53 bits per heavy atom. The number of hydrogen-bond acceptors (Lipinski definition) is 1. The molecule has 2 unspecified atom stereocenters. The van der Waals surface area contributed by atoms with Crippen LogP contribution in [-0.4, -0.2) is 22.7 Å². The van der Waals surface area contributed by atoms with E-state index in [0.717, 1.165) is 16.6 Å². The summed E-state index contributed by atoms with van der Waals surface area (Å²) < 4.78 is 6.01. The Kier molecular flexibility index (Phi) is 9.32. The molecular formula is C16H36AlLiO. The van der Waals surface area contributed by atoms with Gasteiger partial charge in [0.1, 0.15) is 0 Å². The molecule has 0 spiro atoms. The molecule has 0 amide bonds. The zero-order valence-corrected chi connectivity index (χ0v) is 17.5. The van der Waals surface area contributed by atoms with Crippen molar-refractivity contribution in [2.45, 2.75) is 81.3 Å². The molecule has 0 heterocycles. The first-order chi connectivity index (χ1) is 7.79. The van der Waals surface area contributed by atoms with Crippen molar-refractivity contribution in [1.29, 1.82) is 0 Å². The Balaban J connectivity index is -0.00000144. The fraction of sp³-hybridized carbons (Fsp3) is 1.00. The van der Waals surface area contributed by atoms with Crippen LogP contribution in [0.3, 0.4) is 0 Å². The van der Waals surface area contributed by atoms with E-state index in [0.29, 0.717) is 22.9 Å². The molecule has 0 bridgehead atoms. The molecule has 3 heteroatoms. The fourth-order valence-corrected chi connectivity index (χ4v) is 3.78. The summed E-state index contributed by atoms with van der Waals surface area (Å²) in [5, 5.41) is 0. The quantitative estimate of drug-likeness (QED) is 0.709. The van der Waals surface area contributed by atoms with Gasteiger partial charge in [-0.05, 0) is 35.0 Å². The SMILES string of the molecule is CC(C)(C)CCC(C([O][AlH2])C(C)(C)C)C(C)(C)C.[H-].[Li+]. The maximum atomic E-state index is 6.01. The smallest absolute Gasteiger partial charge is 1.00 e. The first-order valence-corrected chi connectivity index (χ1v) is 8.13. The van der Waals surface area contributed by atoms with Gasteiger partial charge in [-0.25, -0.2) is 0 Å². The van der Waals surface area contributed by atoms with Gasteiger partial charge in [-0.1, -0.05) is 62.3 Å². The number of rotatable bonds is 4. The van der Waals surface area contributed by atoms with Crippen molar-refractivity contribution in [1.82, 2.24) is 0 Å². The van der Waals surface area contributed by atoms with Gasteiger partial charge >= 0.3 is 35.5 Å². The van der Waals surface area contributed by atoms with Crippen LogP contribution in [0.1, 0.15) is 76.6 Å². The zero-order valence-electron chi connectivity index (χ0n) is 16.5. The minimum atomic E-state index is 0. The Morgan fingerprint density at radius 1 is 0.895 bits per heavy atom. The van der Waals surface area contributed by atoms with E-state index in [1.165, 1.54) is 12.8 Å². The molecule has 0 aliphatic carbocycles. The zero-order chi connectivity index (χ0) is 14.8. The van der Waals surface area contributed by atoms with Crippen LogP contribution in [0, 0.1) is 22.2 Å². The molecule has 0 aliphatic rings. The molecular weight excluding hydrogens is 242 g/mol. The van der Waals surface area contributed by atoms with Gasteiger partial charge in [0.05, 0.1) is 0 Å². The van der Waals surface area contributed by atoms with E-state index in [-0.39, 0.29) is 25.7 Å². The minimum absolute atomic E-state index is 0. The second-order valence-electron chi connectivity index (χ2n) is 9.09. The molecule has 0 radical (unpaired) electrons. The van der Waals surface area contributed by atoms with Crippen molar-refractivity contribution >= 4 is 16.6 Å². The summed E-state index contributed by atoms with van der Waals surface area (Å²) in [7, 11) is 0. The Hall–Kier alpha value is 1.09. The Bertz CT molecular complexity index is 251. The summed E-state index contributed by atoms with van der Waals surface area (Å²) in [6.45, 7) is 21.0. The third-order valence-electron chi connectivity index (χ3n) is 3.79. The van der Waals surface area contributed by atoms with Crippen molar-refractivity contribution in [3.8, 4) is 0 Å². The molecule has 0 saturated heterocycles. The summed E-state index contributed by atoms with van der Waals surface area (Å²) >= 11 is 0.831.